The average Bonchev–Trinajstić information content (AvgIpc) is 2.17. The Kier molecular flexibility index (Phi) is 3.67. The Morgan fingerprint density at radius 3 is 2.69 bits per heavy atom. The maximum absolute atomic E-state index is 5.52. The van der Waals surface area contributed by atoms with Gasteiger partial charge in [-0.25, -0.2) is 0 Å². The molecule has 0 saturated heterocycles. The zero-order valence-electron chi connectivity index (χ0n) is 7.83. The number of nitrogens with one attached hydrogen (secondary N) is 1. The molecule has 0 aliphatic carbocycles. The summed E-state index contributed by atoms with van der Waals surface area (Å²) >= 11 is 0. The second kappa shape index (κ2) is 4.79. The van der Waals surface area contributed by atoms with E-state index in [1.165, 1.54) is 0 Å². The largest absolute Gasteiger partial charge is 0.379 e. The van der Waals surface area contributed by atoms with Crippen LogP contribution in [0.5, 0.6) is 0 Å². The van der Waals surface area contributed by atoms with Crippen LogP contribution in [-0.4, -0.2) is 24.1 Å². The highest BCUT2D eigenvalue weighted by Crippen LogP contribution is 2.12. The molecular formula is C9H16N4. The van der Waals surface area contributed by atoms with Gasteiger partial charge < -0.3 is 16.8 Å². The minimum Gasteiger partial charge on any atom is -0.379 e. The van der Waals surface area contributed by atoms with Crippen molar-refractivity contribution in [2.75, 3.05) is 18.4 Å². The number of pyridine rings is 1. The third-order valence-corrected chi connectivity index (χ3v) is 1.95. The molecule has 0 aliphatic rings. The van der Waals surface area contributed by atoms with Crippen molar-refractivity contribution in [3.63, 3.8) is 0 Å². The summed E-state index contributed by atoms with van der Waals surface area (Å²) in [5.74, 6) is 0. The summed E-state index contributed by atoms with van der Waals surface area (Å²) in [5, 5.41) is 3.26. The van der Waals surface area contributed by atoms with Crippen LogP contribution < -0.4 is 16.8 Å². The van der Waals surface area contributed by atoms with Crippen LogP contribution in [0.1, 0.15) is 5.56 Å². The molecule has 5 N–H and O–H groups in total. The first-order chi connectivity index (χ1) is 6.27. The molecule has 0 unspecified atom stereocenters. The lowest BCUT2D eigenvalue weighted by Crippen LogP contribution is -2.36. The Hall–Kier alpha value is -1.13. The van der Waals surface area contributed by atoms with Crippen LogP contribution in [0.25, 0.3) is 0 Å². The Morgan fingerprint density at radius 2 is 2.15 bits per heavy atom. The third kappa shape index (κ3) is 2.68. The molecule has 1 heterocycles. The molecule has 0 atom stereocenters. The first kappa shape index (κ1) is 9.95. The minimum absolute atomic E-state index is 0.140. The molecule has 0 bridgehead atoms. The van der Waals surface area contributed by atoms with Gasteiger partial charge in [-0.15, -0.1) is 0 Å². The van der Waals surface area contributed by atoms with Gasteiger partial charge >= 0.3 is 0 Å². The second-order valence-electron chi connectivity index (χ2n) is 3.00. The lowest BCUT2D eigenvalue weighted by Gasteiger charge is -2.17. The van der Waals surface area contributed by atoms with Gasteiger partial charge in [0.05, 0.1) is 6.04 Å². The number of hydrogen-bond acceptors (Lipinski definition) is 4. The zero-order chi connectivity index (χ0) is 9.68. The minimum atomic E-state index is 0.140. The summed E-state index contributed by atoms with van der Waals surface area (Å²) < 4.78 is 0. The zero-order valence-corrected chi connectivity index (χ0v) is 7.83. The van der Waals surface area contributed by atoms with Crippen LogP contribution in [0.2, 0.25) is 0 Å². The average molecular weight is 180 g/mol. The molecule has 72 valence electrons. The highest BCUT2D eigenvalue weighted by atomic mass is 15.0. The lowest BCUT2D eigenvalue weighted by atomic mass is 10.2. The molecule has 0 aromatic carbocycles. The lowest BCUT2D eigenvalue weighted by molar-refractivity contribution is 0.736. The van der Waals surface area contributed by atoms with E-state index in [2.05, 4.69) is 10.3 Å². The van der Waals surface area contributed by atoms with E-state index >= 15 is 0 Å². The Morgan fingerprint density at radius 1 is 1.46 bits per heavy atom. The van der Waals surface area contributed by atoms with Gasteiger partial charge in [0.2, 0.25) is 0 Å². The normalized spacial score (nSPS) is 10.5. The fraction of sp³-hybridized carbons (Fsp3) is 0.444. The van der Waals surface area contributed by atoms with E-state index in [0.717, 1.165) is 11.3 Å². The molecule has 0 saturated carbocycles. The van der Waals surface area contributed by atoms with Gasteiger partial charge in [0.15, 0.2) is 0 Å². The molecule has 4 nitrogen and oxygen atoms in total. The Balaban J connectivity index is 2.67. The van der Waals surface area contributed by atoms with E-state index in [4.69, 9.17) is 11.5 Å². The standard InChI is InChI=1S/C9H16N4/c1-7-6-12-3-2-9(7)13-8(4-10)5-11/h2-3,6,8H,4-5,10-11H2,1H3,(H,12,13). The van der Waals surface area contributed by atoms with E-state index in [1.54, 1.807) is 6.20 Å². The van der Waals surface area contributed by atoms with Crippen LogP contribution in [0.3, 0.4) is 0 Å². The first-order valence-electron chi connectivity index (χ1n) is 4.35. The van der Waals surface area contributed by atoms with Gasteiger partial charge in [-0.1, -0.05) is 0 Å². The van der Waals surface area contributed by atoms with Crippen molar-refractivity contribution in [3.8, 4) is 0 Å². The van der Waals surface area contributed by atoms with Gasteiger partial charge in [0, 0.05) is 31.2 Å². The molecule has 0 fully saturated rings. The SMILES string of the molecule is Cc1cnccc1NC(CN)CN. The van der Waals surface area contributed by atoms with E-state index in [1.807, 2.05) is 19.2 Å². The maximum atomic E-state index is 5.52. The highest BCUT2D eigenvalue weighted by Gasteiger charge is 2.04. The molecule has 1 aromatic rings. The van der Waals surface area contributed by atoms with E-state index in [-0.39, 0.29) is 6.04 Å². The van der Waals surface area contributed by atoms with Crippen molar-refractivity contribution in [1.82, 2.24) is 4.98 Å². The summed E-state index contributed by atoms with van der Waals surface area (Å²) in [6.45, 7) is 3.08. The Labute approximate surface area is 78.3 Å². The predicted molar refractivity (Wildman–Crippen MR) is 54.5 cm³/mol. The summed E-state index contributed by atoms with van der Waals surface area (Å²) in [6, 6.07) is 2.06. The van der Waals surface area contributed by atoms with Gasteiger partial charge in [0.25, 0.3) is 0 Å². The predicted octanol–water partition coefficient (Wildman–Crippen LogP) is 0.0879. The van der Waals surface area contributed by atoms with Crippen LogP contribution in [0, 0.1) is 6.92 Å². The molecule has 1 aromatic heterocycles. The van der Waals surface area contributed by atoms with Crippen LogP contribution in [-0.2, 0) is 0 Å². The number of anilines is 1. The van der Waals surface area contributed by atoms with E-state index in [0.29, 0.717) is 13.1 Å². The fourth-order valence-electron chi connectivity index (χ4n) is 1.07. The topological polar surface area (TPSA) is 77.0 Å². The number of nitrogens with zero attached hydrogens (tertiary/aromatic N) is 1. The van der Waals surface area contributed by atoms with Gasteiger partial charge in [-0.2, -0.15) is 0 Å². The van der Waals surface area contributed by atoms with Gasteiger partial charge in [-0.05, 0) is 18.6 Å². The summed E-state index contributed by atoms with van der Waals surface area (Å²) in [7, 11) is 0. The van der Waals surface area contributed by atoms with Crippen molar-refractivity contribution in [3.05, 3.63) is 24.0 Å². The monoisotopic (exact) mass is 180 g/mol. The van der Waals surface area contributed by atoms with Crippen molar-refractivity contribution in [2.24, 2.45) is 11.5 Å². The molecule has 0 radical (unpaired) electrons. The van der Waals surface area contributed by atoms with Crippen LogP contribution in [0.4, 0.5) is 5.69 Å². The van der Waals surface area contributed by atoms with Crippen LogP contribution >= 0.6 is 0 Å². The van der Waals surface area contributed by atoms with E-state index in [9.17, 15) is 0 Å². The van der Waals surface area contributed by atoms with E-state index < -0.39 is 0 Å². The van der Waals surface area contributed by atoms with Crippen molar-refractivity contribution in [2.45, 2.75) is 13.0 Å². The maximum Gasteiger partial charge on any atom is 0.0506 e. The molecule has 1 rings (SSSR count). The quantitative estimate of drug-likeness (QED) is 0.613. The Bertz CT molecular complexity index is 258. The molecule has 4 heteroatoms. The molecule has 13 heavy (non-hydrogen) atoms. The van der Waals surface area contributed by atoms with Gasteiger partial charge in [-0.3, -0.25) is 4.98 Å². The van der Waals surface area contributed by atoms with Gasteiger partial charge in [0.1, 0.15) is 0 Å². The summed E-state index contributed by atoms with van der Waals surface area (Å²) in [5.41, 5.74) is 13.2. The molecular weight excluding hydrogens is 164 g/mol. The second-order valence-corrected chi connectivity index (χ2v) is 3.00. The molecule has 0 amide bonds. The van der Waals surface area contributed by atoms with Crippen molar-refractivity contribution >= 4 is 5.69 Å². The summed E-state index contributed by atoms with van der Waals surface area (Å²) in [4.78, 5) is 4.00. The van der Waals surface area contributed by atoms with Crippen molar-refractivity contribution < 1.29 is 0 Å². The third-order valence-electron chi connectivity index (χ3n) is 1.95. The number of aromatic nitrogens is 1. The smallest absolute Gasteiger partial charge is 0.0506 e. The number of aryl methyl sites for hydroxylation is 1. The molecule has 0 spiro atoms. The fourth-order valence-corrected chi connectivity index (χ4v) is 1.07. The molecule has 0 aliphatic heterocycles. The first-order valence-corrected chi connectivity index (χ1v) is 4.35. The number of nitrogens with two attached hydrogens (primary N) is 2. The number of hydrogen-bond donors (Lipinski definition) is 3. The summed E-state index contributed by atoms with van der Waals surface area (Å²) in [6.07, 6.45) is 3.56. The van der Waals surface area contributed by atoms with Crippen molar-refractivity contribution in [1.29, 1.82) is 0 Å². The number of rotatable bonds is 4. The highest BCUT2D eigenvalue weighted by molar-refractivity contribution is 5.49. The van der Waals surface area contributed by atoms with Crippen LogP contribution in [0.15, 0.2) is 18.5 Å².